The van der Waals surface area contributed by atoms with Crippen molar-refractivity contribution in [1.29, 1.82) is 0 Å². The van der Waals surface area contributed by atoms with Gasteiger partial charge in [-0.05, 0) is 42.2 Å². The lowest BCUT2D eigenvalue weighted by atomic mass is 9.98. The van der Waals surface area contributed by atoms with Crippen molar-refractivity contribution in [3.63, 3.8) is 0 Å². The molecule has 2 aromatic carbocycles. The molecule has 118 valence electrons. The van der Waals surface area contributed by atoms with Gasteiger partial charge in [0.2, 0.25) is 0 Å². The second-order valence-electron chi connectivity index (χ2n) is 6.89. The fourth-order valence-corrected chi connectivity index (χ4v) is 3.17. The van der Waals surface area contributed by atoms with Crippen molar-refractivity contribution in [2.75, 3.05) is 27.7 Å². The fourth-order valence-electron chi connectivity index (χ4n) is 2.69. The summed E-state index contributed by atoms with van der Waals surface area (Å²) >= 11 is 3.56. The number of fused-ring (bicyclic) bond motifs is 1. The molecule has 0 radical (unpaired) electrons. The maximum atomic E-state index is 12.5. The number of carbonyl (C=O) groups excluding carboxylic acids is 1. The molecular formula is C19H25BrNO+. The summed E-state index contributed by atoms with van der Waals surface area (Å²) in [6.45, 7) is 1.16. The number of unbranched alkanes of at least 4 members (excludes halogenated alkanes) is 2. The van der Waals surface area contributed by atoms with Gasteiger partial charge in [0.25, 0.3) is 0 Å². The molecule has 0 aliphatic carbocycles. The van der Waals surface area contributed by atoms with Crippen LogP contribution in [0.2, 0.25) is 0 Å². The molecule has 0 atom stereocenters. The molecule has 0 unspecified atom stereocenters. The van der Waals surface area contributed by atoms with Crippen LogP contribution in [0.4, 0.5) is 0 Å². The SMILES string of the molecule is C[N+](C)(C)CCCCCC(=O)c1ccc(Br)c2ccccc12. The van der Waals surface area contributed by atoms with Crippen LogP contribution in [0.1, 0.15) is 36.0 Å². The van der Waals surface area contributed by atoms with Crippen molar-refractivity contribution in [1.82, 2.24) is 0 Å². The first kappa shape index (κ1) is 17.2. The highest BCUT2D eigenvalue weighted by molar-refractivity contribution is 9.10. The zero-order chi connectivity index (χ0) is 16.2. The van der Waals surface area contributed by atoms with Crippen molar-refractivity contribution in [2.24, 2.45) is 0 Å². The van der Waals surface area contributed by atoms with E-state index in [0.29, 0.717) is 6.42 Å². The summed E-state index contributed by atoms with van der Waals surface area (Å²) in [4.78, 5) is 12.5. The van der Waals surface area contributed by atoms with Crippen LogP contribution in [-0.2, 0) is 0 Å². The molecule has 22 heavy (non-hydrogen) atoms. The van der Waals surface area contributed by atoms with Crippen LogP contribution in [0.3, 0.4) is 0 Å². The summed E-state index contributed by atoms with van der Waals surface area (Å²) in [6, 6.07) is 12.0. The standard InChI is InChI=1S/C19H25BrNO/c1-21(2,3)14-8-4-5-11-19(22)17-12-13-18(20)16-10-7-6-9-15(16)17/h6-7,9-10,12-13H,4-5,8,11,14H2,1-3H3/q+1. The van der Waals surface area contributed by atoms with Crippen LogP contribution in [0.25, 0.3) is 10.8 Å². The Morgan fingerprint density at radius 2 is 1.64 bits per heavy atom. The molecule has 2 rings (SSSR count). The van der Waals surface area contributed by atoms with Crippen molar-refractivity contribution in [2.45, 2.75) is 25.7 Å². The molecule has 0 amide bonds. The van der Waals surface area contributed by atoms with E-state index in [1.54, 1.807) is 0 Å². The van der Waals surface area contributed by atoms with Crippen LogP contribution >= 0.6 is 15.9 Å². The highest BCUT2D eigenvalue weighted by Crippen LogP contribution is 2.27. The van der Waals surface area contributed by atoms with Crippen molar-refractivity contribution in [3.05, 3.63) is 46.4 Å². The van der Waals surface area contributed by atoms with E-state index in [9.17, 15) is 4.79 Å². The van der Waals surface area contributed by atoms with Crippen LogP contribution in [0, 0.1) is 0 Å². The topological polar surface area (TPSA) is 17.1 Å². The van der Waals surface area contributed by atoms with Crippen molar-refractivity contribution >= 4 is 32.5 Å². The Hall–Kier alpha value is -1.19. The molecule has 2 aromatic rings. The van der Waals surface area contributed by atoms with Gasteiger partial charge >= 0.3 is 0 Å². The molecule has 0 heterocycles. The second-order valence-corrected chi connectivity index (χ2v) is 7.74. The van der Waals surface area contributed by atoms with E-state index in [2.05, 4.69) is 43.1 Å². The molecule has 0 bridgehead atoms. The molecular weight excluding hydrogens is 338 g/mol. The summed E-state index contributed by atoms with van der Waals surface area (Å²) in [5.41, 5.74) is 0.852. The molecule has 0 spiro atoms. The number of rotatable bonds is 7. The smallest absolute Gasteiger partial charge is 0.163 e. The highest BCUT2D eigenvalue weighted by Gasteiger charge is 2.12. The van der Waals surface area contributed by atoms with Gasteiger partial charge < -0.3 is 4.48 Å². The third kappa shape index (κ3) is 4.65. The number of ketones is 1. The van der Waals surface area contributed by atoms with E-state index >= 15 is 0 Å². The zero-order valence-corrected chi connectivity index (χ0v) is 15.3. The number of quaternary nitrogens is 1. The number of carbonyl (C=O) groups is 1. The molecule has 0 saturated heterocycles. The Morgan fingerprint density at radius 1 is 0.955 bits per heavy atom. The quantitative estimate of drug-likeness (QED) is 0.382. The Morgan fingerprint density at radius 3 is 2.32 bits per heavy atom. The lowest BCUT2D eigenvalue weighted by molar-refractivity contribution is -0.870. The Labute approximate surface area is 141 Å². The van der Waals surface area contributed by atoms with E-state index in [1.807, 2.05) is 30.3 Å². The van der Waals surface area contributed by atoms with Gasteiger partial charge in [0.05, 0.1) is 27.7 Å². The summed E-state index contributed by atoms with van der Waals surface area (Å²) in [5.74, 6) is 0.258. The van der Waals surface area contributed by atoms with Gasteiger partial charge in [0, 0.05) is 16.5 Å². The minimum atomic E-state index is 0.258. The van der Waals surface area contributed by atoms with Gasteiger partial charge in [-0.3, -0.25) is 4.79 Å². The average molecular weight is 363 g/mol. The fraction of sp³-hybridized carbons (Fsp3) is 0.421. The van der Waals surface area contributed by atoms with Crippen LogP contribution in [0.5, 0.6) is 0 Å². The third-order valence-corrected chi connectivity index (χ3v) is 4.60. The Balaban J connectivity index is 1.98. The van der Waals surface area contributed by atoms with Gasteiger partial charge in [-0.15, -0.1) is 0 Å². The van der Waals surface area contributed by atoms with Gasteiger partial charge in [-0.2, -0.15) is 0 Å². The molecule has 0 aromatic heterocycles. The number of Topliss-reactive ketones (excluding diaryl/α,β-unsaturated/α-hetero) is 1. The largest absolute Gasteiger partial charge is 0.331 e. The lowest BCUT2D eigenvalue weighted by Crippen LogP contribution is -2.35. The van der Waals surface area contributed by atoms with Crippen LogP contribution in [0.15, 0.2) is 40.9 Å². The van der Waals surface area contributed by atoms with Crippen molar-refractivity contribution in [3.8, 4) is 0 Å². The van der Waals surface area contributed by atoms with Gasteiger partial charge in [-0.25, -0.2) is 0 Å². The normalized spacial score (nSPS) is 11.8. The van der Waals surface area contributed by atoms with E-state index in [1.165, 1.54) is 6.42 Å². The summed E-state index contributed by atoms with van der Waals surface area (Å²) in [6.07, 6.45) is 3.92. The number of benzene rings is 2. The Bertz CT molecular complexity index is 658. The maximum Gasteiger partial charge on any atom is 0.163 e. The summed E-state index contributed by atoms with van der Waals surface area (Å²) in [5, 5.41) is 2.16. The molecule has 2 nitrogen and oxygen atoms in total. The third-order valence-electron chi connectivity index (χ3n) is 3.90. The predicted octanol–water partition coefficient (Wildman–Crippen LogP) is 5.05. The first-order chi connectivity index (χ1) is 10.4. The number of nitrogens with zero attached hydrogens (tertiary/aromatic N) is 1. The van der Waals surface area contributed by atoms with Crippen molar-refractivity contribution < 1.29 is 9.28 Å². The van der Waals surface area contributed by atoms with Crippen LogP contribution in [-0.4, -0.2) is 38.0 Å². The number of hydrogen-bond donors (Lipinski definition) is 0. The highest BCUT2D eigenvalue weighted by atomic mass is 79.9. The minimum Gasteiger partial charge on any atom is -0.331 e. The zero-order valence-electron chi connectivity index (χ0n) is 13.7. The van der Waals surface area contributed by atoms with E-state index in [0.717, 1.165) is 44.7 Å². The van der Waals surface area contributed by atoms with E-state index < -0.39 is 0 Å². The summed E-state index contributed by atoms with van der Waals surface area (Å²) < 4.78 is 2.04. The molecule has 0 aliphatic heterocycles. The first-order valence-corrected chi connectivity index (χ1v) is 8.69. The summed E-state index contributed by atoms with van der Waals surface area (Å²) in [7, 11) is 6.62. The molecule has 3 heteroatoms. The minimum absolute atomic E-state index is 0.258. The molecule has 0 N–H and O–H groups in total. The first-order valence-electron chi connectivity index (χ1n) is 7.89. The Kier molecular flexibility index (Phi) is 5.76. The van der Waals surface area contributed by atoms with Gasteiger partial charge in [0.1, 0.15) is 0 Å². The van der Waals surface area contributed by atoms with Gasteiger partial charge in [0.15, 0.2) is 5.78 Å². The van der Waals surface area contributed by atoms with E-state index in [-0.39, 0.29) is 5.78 Å². The lowest BCUT2D eigenvalue weighted by Gasteiger charge is -2.23. The van der Waals surface area contributed by atoms with Gasteiger partial charge in [-0.1, -0.05) is 40.2 Å². The maximum absolute atomic E-state index is 12.5. The monoisotopic (exact) mass is 362 g/mol. The molecule has 0 aliphatic rings. The number of hydrogen-bond acceptors (Lipinski definition) is 1. The average Bonchev–Trinajstić information content (AvgIpc) is 2.46. The molecule has 0 fully saturated rings. The van der Waals surface area contributed by atoms with Crippen LogP contribution < -0.4 is 0 Å². The number of halogens is 1. The predicted molar refractivity (Wildman–Crippen MR) is 97.3 cm³/mol. The molecule has 0 saturated carbocycles. The van der Waals surface area contributed by atoms with E-state index in [4.69, 9.17) is 0 Å². The second kappa shape index (κ2) is 7.38.